The Bertz CT molecular complexity index is 802. The standard InChI is InChI=1S/C18H21NO4S/c1-14-5-3-4-6-18(14)24(20,21)19-11-12-23-17(13-19)15-7-9-16(22-2)10-8-15/h3-10,17H,11-13H2,1-2H3. The number of morpholine rings is 1. The lowest BCUT2D eigenvalue weighted by molar-refractivity contribution is -0.00258. The zero-order chi connectivity index (χ0) is 17.2. The number of hydrogen-bond donors (Lipinski definition) is 0. The lowest BCUT2D eigenvalue weighted by Crippen LogP contribution is -2.42. The van der Waals surface area contributed by atoms with Gasteiger partial charge in [0.25, 0.3) is 0 Å². The summed E-state index contributed by atoms with van der Waals surface area (Å²) < 4.78 is 38.3. The average molecular weight is 347 g/mol. The first-order valence-electron chi connectivity index (χ1n) is 7.83. The van der Waals surface area contributed by atoms with Crippen LogP contribution in [-0.2, 0) is 14.8 Å². The van der Waals surface area contributed by atoms with Crippen LogP contribution in [0.5, 0.6) is 5.75 Å². The van der Waals surface area contributed by atoms with Crippen molar-refractivity contribution in [1.29, 1.82) is 0 Å². The van der Waals surface area contributed by atoms with E-state index in [-0.39, 0.29) is 6.10 Å². The van der Waals surface area contributed by atoms with Crippen molar-refractivity contribution >= 4 is 10.0 Å². The molecule has 0 aliphatic carbocycles. The summed E-state index contributed by atoms with van der Waals surface area (Å²) in [7, 11) is -1.90. The van der Waals surface area contributed by atoms with E-state index in [1.807, 2.05) is 43.3 Å². The van der Waals surface area contributed by atoms with Gasteiger partial charge in [-0.05, 0) is 36.2 Å². The monoisotopic (exact) mass is 347 g/mol. The van der Waals surface area contributed by atoms with Gasteiger partial charge in [-0.3, -0.25) is 0 Å². The molecule has 0 amide bonds. The van der Waals surface area contributed by atoms with Gasteiger partial charge in [0.15, 0.2) is 0 Å². The Labute approximate surface area is 142 Å². The fourth-order valence-corrected chi connectivity index (χ4v) is 4.50. The molecular formula is C18H21NO4S. The van der Waals surface area contributed by atoms with E-state index < -0.39 is 10.0 Å². The number of methoxy groups -OCH3 is 1. The molecule has 5 nitrogen and oxygen atoms in total. The van der Waals surface area contributed by atoms with E-state index in [0.29, 0.717) is 24.6 Å². The van der Waals surface area contributed by atoms with Crippen LogP contribution in [0.2, 0.25) is 0 Å². The lowest BCUT2D eigenvalue weighted by atomic mass is 10.1. The largest absolute Gasteiger partial charge is 0.497 e. The molecule has 0 bridgehead atoms. The molecule has 1 aliphatic heterocycles. The van der Waals surface area contributed by atoms with Crippen molar-refractivity contribution in [1.82, 2.24) is 4.31 Å². The summed E-state index contributed by atoms with van der Waals surface area (Å²) in [5, 5.41) is 0. The number of rotatable bonds is 4. The van der Waals surface area contributed by atoms with Crippen LogP contribution < -0.4 is 4.74 Å². The molecule has 0 saturated carbocycles. The third kappa shape index (κ3) is 3.31. The minimum absolute atomic E-state index is 0.275. The van der Waals surface area contributed by atoms with Crippen LogP contribution >= 0.6 is 0 Å². The highest BCUT2D eigenvalue weighted by Crippen LogP contribution is 2.28. The Morgan fingerprint density at radius 3 is 2.50 bits per heavy atom. The van der Waals surface area contributed by atoms with Crippen molar-refractivity contribution in [2.45, 2.75) is 17.9 Å². The smallest absolute Gasteiger partial charge is 0.243 e. The van der Waals surface area contributed by atoms with E-state index in [2.05, 4.69) is 0 Å². The van der Waals surface area contributed by atoms with Crippen LogP contribution in [0, 0.1) is 6.92 Å². The Kier molecular flexibility index (Phi) is 4.89. The molecule has 6 heteroatoms. The van der Waals surface area contributed by atoms with E-state index in [1.54, 1.807) is 19.2 Å². The highest BCUT2D eigenvalue weighted by atomic mass is 32.2. The molecule has 24 heavy (non-hydrogen) atoms. The number of benzene rings is 2. The van der Waals surface area contributed by atoms with E-state index in [0.717, 1.165) is 16.9 Å². The van der Waals surface area contributed by atoms with Crippen molar-refractivity contribution in [2.24, 2.45) is 0 Å². The molecule has 0 spiro atoms. The van der Waals surface area contributed by atoms with Gasteiger partial charge in [-0.1, -0.05) is 30.3 Å². The van der Waals surface area contributed by atoms with E-state index >= 15 is 0 Å². The number of ether oxygens (including phenoxy) is 2. The van der Waals surface area contributed by atoms with Gasteiger partial charge in [0.05, 0.1) is 24.7 Å². The number of nitrogens with zero attached hydrogens (tertiary/aromatic N) is 1. The van der Waals surface area contributed by atoms with Crippen LogP contribution in [-0.4, -0.2) is 39.5 Å². The molecular weight excluding hydrogens is 326 g/mol. The van der Waals surface area contributed by atoms with Gasteiger partial charge in [-0.2, -0.15) is 4.31 Å². The van der Waals surface area contributed by atoms with Crippen molar-refractivity contribution in [3.8, 4) is 5.75 Å². The first-order valence-corrected chi connectivity index (χ1v) is 9.27. The molecule has 3 rings (SSSR count). The Morgan fingerprint density at radius 1 is 1.12 bits per heavy atom. The number of sulfonamides is 1. The number of hydrogen-bond acceptors (Lipinski definition) is 4. The summed E-state index contributed by atoms with van der Waals surface area (Å²) in [5.41, 5.74) is 1.70. The van der Waals surface area contributed by atoms with Crippen LogP contribution in [0.3, 0.4) is 0 Å². The summed E-state index contributed by atoms with van der Waals surface area (Å²) in [4.78, 5) is 0.361. The summed E-state index contributed by atoms with van der Waals surface area (Å²) in [6.07, 6.45) is -0.275. The fourth-order valence-electron chi connectivity index (χ4n) is 2.85. The zero-order valence-electron chi connectivity index (χ0n) is 13.8. The molecule has 1 atom stereocenters. The molecule has 1 saturated heterocycles. The third-order valence-electron chi connectivity index (χ3n) is 4.23. The highest BCUT2D eigenvalue weighted by Gasteiger charge is 2.32. The van der Waals surface area contributed by atoms with Crippen LogP contribution in [0.1, 0.15) is 17.2 Å². The maximum atomic E-state index is 12.9. The van der Waals surface area contributed by atoms with Gasteiger partial charge in [-0.25, -0.2) is 8.42 Å². The van der Waals surface area contributed by atoms with Gasteiger partial charge < -0.3 is 9.47 Å². The SMILES string of the molecule is COc1ccc(C2CN(S(=O)(=O)c3ccccc3C)CCO2)cc1. The summed E-state index contributed by atoms with van der Waals surface area (Å²) in [6, 6.07) is 14.6. The quantitative estimate of drug-likeness (QED) is 0.853. The molecule has 0 radical (unpaired) electrons. The highest BCUT2D eigenvalue weighted by molar-refractivity contribution is 7.89. The lowest BCUT2D eigenvalue weighted by Gasteiger charge is -2.32. The van der Waals surface area contributed by atoms with Crippen molar-refractivity contribution in [2.75, 3.05) is 26.8 Å². The van der Waals surface area contributed by atoms with Crippen molar-refractivity contribution < 1.29 is 17.9 Å². The van der Waals surface area contributed by atoms with Gasteiger partial charge in [0.1, 0.15) is 5.75 Å². The zero-order valence-corrected chi connectivity index (χ0v) is 14.6. The summed E-state index contributed by atoms with van der Waals surface area (Å²) in [5.74, 6) is 0.763. The summed E-state index contributed by atoms with van der Waals surface area (Å²) in [6.45, 7) is 2.86. The fraction of sp³-hybridized carbons (Fsp3) is 0.333. The van der Waals surface area contributed by atoms with Crippen LogP contribution in [0.15, 0.2) is 53.4 Å². The number of aryl methyl sites for hydroxylation is 1. The Balaban J connectivity index is 1.83. The third-order valence-corrected chi connectivity index (χ3v) is 6.25. The minimum atomic E-state index is -3.52. The van der Waals surface area contributed by atoms with Gasteiger partial charge in [0.2, 0.25) is 10.0 Å². The van der Waals surface area contributed by atoms with Gasteiger partial charge in [-0.15, -0.1) is 0 Å². The maximum Gasteiger partial charge on any atom is 0.243 e. The first kappa shape index (κ1) is 17.0. The van der Waals surface area contributed by atoms with E-state index in [4.69, 9.17) is 9.47 Å². The van der Waals surface area contributed by atoms with Crippen molar-refractivity contribution in [3.63, 3.8) is 0 Å². The van der Waals surface area contributed by atoms with Crippen molar-refractivity contribution in [3.05, 3.63) is 59.7 Å². The Hall–Kier alpha value is -1.89. The topological polar surface area (TPSA) is 55.8 Å². The Morgan fingerprint density at radius 2 is 1.83 bits per heavy atom. The predicted molar refractivity (Wildman–Crippen MR) is 91.6 cm³/mol. The molecule has 1 fully saturated rings. The first-order chi connectivity index (χ1) is 11.5. The summed E-state index contributed by atoms with van der Waals surface area (Å²) >= 11 is 0. The van der Waals surface area contributed by atoms with E-state index in [9.17, 15) is 8.42 Å². The average Bonchev–Trinajstić information content (AvgIpc) is 2.62. The second kappa shape index (κ2) is 6.93. The molecule has 1 aliphatic rings. The minimum Gasteiger partial charge on any atom is -0.497 e. The van der Waals surface area contributed by atoms with E-state index in [1.165, 1.54) is 4.31 Å². The molecule has 0 N–H and O–H groups in total. The molecule has 128 valence electrons. The van der Waals surface area contributed by atoms with Gasteiger partial charge >= 0.3 is 0 Å². The van der Waals surface area contributed by atoms with Crippen LogP contribution in [0.25, 0.3) is 0 Å². The molecule has 1 heterocycles. The maximum absolute atomic E-state index is 12.9. The van der Waals surface area contributed by atoms with Crippen LogP contribution in [0.4, 0.5) is 0 Å². The second-order valence-corrected chi connectivity index (χ2v) is 7.67. The molecule has 2 aromatic rings. The molecule has 0 aromatic heterocycles. The second-order valence-electron chi connectivity index (χ2n) is 5.76. The predicted octanol–water partition coefficient (Wildman–Crippen LogP) is 2.77. The normalized spacial score (nSPS) is 19.2. The molecule has 1 unspecified atom stereocenters. The molecule has 2 aromatic carbocycles. The van der Waals surface area contributed by atoms with Gasteiger partial charge in [0, 0.05) is 13.1 Å².